The molecule has 0 aliphatic heterocycles. The van der Waals surface area contributed by atoms with Crippen molar-refractivity contribution in [2.75, 3.05) is 26.9 Å². The molecule has 7 nitrogen and oxygen atoms in total. The van der Waals surface area contributed by atoms with Crippen LogP contribution in [0.5, 0.6) is 5.75 Å². The van der Waals surface area contributed by atoms with Gasteiger partial charge in [0.2, 0.25) is 15.9 Å². The van der Waals surface area contributed by atoms with Gasteiger partial charge in [-0.3, -0.25) is 4.79 Å². The molecule has 2 N–H and O–H groups in total. The summed E-state index contributed by atoms with van der Waals surface area (Å²) in [5, 5.41) is 2.82. The lowest BCUT2D eigenvalue weighted by atomic mass is 10.2. The minimum atomic E-state index is -3.55. The number of methoxy groups -OCH3 is 1. The van der Waals surface area contributed by atoms with Gasteiger partial charge < -0.3 is 14.8 Å². The van der Waals surface area contributed by atoms with Crippen LogP contribution in [-0.2, 0) is 26.1 Å². The van der Waals surface area contributed by atoms with Gasteiger partial charge in [-0.25, -0.2) is 13.1 Å². The zero-order valence-corrected chi connectivity index (χ0v) is 16.7. The summed E-state index contributed by atoms with van der Waals surface area (Å²) in [5.74, 6) is 0.712. The summed E-state index contributed by atoms with van der Waals surface area (Å²) in [6.45, 7) is 1.33. The van der Waals surface area contributed by atoms with Crippen LogP contribution in [0.4, 0.5) is 0 Å². The van der Waals surface area contributed by atoms with E-state index in [1.165, 1.54) is 19.2 Å². The topological polar surface area (TPSA) is 93.7 Å². The van der Waals surface area contributed by atoms with Crippen molar-refractivity contribution < 1.29 is 22.7 Å². The molecule has 0 aliphatic carbocycles. The molecular formula is C20H26N2O5S. The van der Waals surface area contributed by atoms with Gasteiger partial charge >= 0.3 is 0 Å². The van der Waals surface area contributed by atoms with Crippen LogP contribution in [0.3, 0.4) is 0 Å². The summed E-state index contributed by atoms with van der Waals surface area (Å²) in [7, 11) is -2.04. The fourth-order valence-corrected chi connectivity index (χ4v) is 3.39. The van der Waals surface area contributed by atoms with Crippen molar-refractivity contribution in [2.24, 2.45) is 0 Å². The number of nitrogens with one attached hydrogen (secondary N) is 2. The maximum Gasteiger partial charge on any atom is 0.240 e. The predicted octanol–water partition coefficient (Wildman–Crippen LogP) is 2.09. The first kappa shape index (κ1) is 21.9. The number of hydrogen-bond acceptors (Lipinski definition) is 5. The van der Waals surface area contributed by atoms with Gasteiger partial charge in [-0.15, -0.1) is 0 Å². The third kappa shape index (κ3) is 7.67. The minimum Gasteiger partial charge on any atom is -0.494 e. The smallest absolute Gasteiger partial charge is 0.240 e. The number of sulfonamides is 1. The average Bonchev–Trinajstić information content (AvgIpc) is 2.71. The molecule has 0 atom stereocenters. The number of amides is 1. The molecule has 28 heavy (non-hydrogen) atoms. The second-order valence-corrected chi connectivity index (χ2v) is 7.84. The summed E-state index contributed by atoms with van der Waals surface area (Å²) in [4.78, 5) is 12.1. The van der Waals surface area contributed by atoms with E-state index in [9.17, 15) is 13.2 Å². The number of rotatable bonds is 12. The van der Waals surface area contributed by atoms with E-state index < -0.39 is 10.0 Å². The Hall–Kier alpha value is -2.42. The van der Waals surface area contributed by atoms with Gasteiger partial charge in [-0.05, 0) is 36.2 Å². The molecule has 0 radical (unpaired) electrons. The fourth-order valence-electron chi connectivity index (χ4n) is 2.38. The summed E-state index contributed by atoms with van der Waals surface area (Å²) >= 11 is 0. The van der Waals surface area contributed by atoms with Crippen LogP contribution in [0.2, 0.25) is 0 Å². The van der Waals surface area contributed by atoms with Gasteiger partial charge in [0.1, 0.15) is 5.75 Å². The first-order chi connectivity index (χ1) is 13.5. The van der Waals surface area contributed by atoms with Gasteiger partial charge in [-0.2, -0.15) is 0 Å². The molecular weight excluding hydrogens is 380 g/mol. The summed E-state index contributed by atoms with van der Waals surface area (Å²) in [5.41, 5.74) is 0.824. The first-order valence-electron chi connectivity index (χ1n) is 9.03. The van der Waals surface area contributed by atoms with Gasteiger partial charge in [-0.1, -0.05) is 30.3 Å². The van der Waals surface area contributed by atoms with Gasteiger partial charge in [0.25, 0.3) is 0 Å². The molecule has 2 aromatic rings. The molecule has 152 valence electrons. The minimum absolute atomic E-state index is 0.0745. The van der Waals surface area contributed by atoms with Gasteiger partial charge in [0.15, 0.2) is 0 Å². The second-order valence-electron chi connectivity index (χ2n) is 6.08. The van der Waals surface area contributed by atoms with Crippen LogP contribution in [0.15, 0.2) is 59.5 Å². The Bertz CT molecular complexity index is 823. The highest BCUT2D eigenvalue weighted by atomic mass is 32.2. The Balaban J connectivity index is 1.70. The summed E-state index contributed by atoms with van der Waals surface area (Å²) in [6.07, 6.45) is 0.980. The second kappa shape index (κ2) is 11.4. The van der Waals surface area contributed by atoms with Crippen molar-refractivity contribution in [1.29, 1.82) is 0 Å². The Labute approximate surface area is 166 Å². The van der Waals surface area contributed by atoms with Crippen molar-refractivity contribution in [3.05, 3.63) is 60.2 Å². The Morgan fingerprint density at radius 1 is 1.00 bits per heavy atom. The summed E-state index contributed by atoms with van der Waals surface area (Å²) in [6, 6.07) is 15.9. The monoisotopic (exact) mass is 406 g/mol. The molecule has 2 rings (SSSR count). The van der Waals surface area contributed by atoms with E-state index in [-0.39, 0.29) is 17.3 Å². The number of para-hydroxylation sites is 1. The molecule has 0 saturated carbocycles. The molecule has 2 aromatic carbocycles. The van der Waals surface area contributed by atoms with Crippen LogP contribution < -0.4 is 14.8 Å². The third-order valence-electron chi connectivity index (χ3n) is 3.88. The zero-order valence-electron chi connectivity index (χ0n) is 15.9. The van der Waals surface area contributed by atoms with Gasteiger partial charge in [0.05, 0.1) is 18.1 Å². The Morgan fingerprint density at radius 3 is 2.39 bits per heavy atom. The zero-order chi connectivity index (χ0) is 20.2. The normalized spacial score (nSPS) is 11.2. The molecule has 0 aromatic heterocycles. The number of ether oxygens (including phenoxy) is 2. The largest absolute Gasteiger partial charge is 0.494 e. The molecule has 0 bridgehead atoms. The Kier molecular flexibility index (Phi) is 8.93. The van der Waals surface area contributed by atoms with Crippen LogP contribution >= 0.6 is 0 Å². The quantitative estimate of drug-likeness (QED) is 0.527. The lowest BCUT2D eigenvalue weighted by Gasteiger charge is -2.09. The van der Waals surface area contributed by atoms with Crippen molar-refractivity contribution in [2.45, 2.75) is 24.3 Å². The maximum atomic E-state index is 12.1. The van der Waals surface area contributed by atoms with Crippen LogP contribution in [0, 0.1) is 0 Å². The molecule has 0 saturated heterocycles. The van der Waals surface area contributed by atoms with Crippen LogP contribution in [-0.4, -0.2) is 41.2 Å². The van der Waals surface area contributed by atoms with E-state index in [0.717, 1.165) is 11.3 Å². The van der Waals surface area contributed by atoms with Crippen LogP contribution in [0.1, 0.15) is 18.4 Å². The molecule has 1 amide bonds. The fraction of sp³-hybridized carbons (Fsp3) is 0.350. The number of carbonyl (C=O) groups is 1. The highest BCUT2D eigenvalue weighted by Gasteiger charge is 2.13. The number of hydrogen-bond donors (Lipinski definition) is 2. The maximum absolute atomic E-state index is 12.1. The lowest BCUT2D eigenvalue weighted by Crippen LogP contribution is -2.27. The van der Waals surface area contributed by atoms with E-state index in [1.54, 1.807) is 12.1 Å². The molecule has 8 heteroatoms. The predicted molar refractivity (Wildman–Crippen MR) is 107 cm³/mol. The van der Waals surface area contributed by atoms with E-state index in [2.05, 4.69) is 10.0 Å². The van der Waals surface area contributed by atoms with E-state index in [4.69, 9.17) is 9.47 Å². The average molecular weight is 407 g/mol. The summed E-state index contributed by atoms with van der Waals surface area (Å²) < 4.78 is 37.0. The highest BCUT2D eigenvalue weighted by molar-refractivity contribution is 7.89. The molecule has 0 aliphatic rings. The van der Waals surface area contributed by atoms with Crippen molar-refractivity contribution in [3.63, 3.8) is 0 Å². The van der Waals surface area contributed by atoms with Crippen molar-refractivity contribution in [3.8, 4) is 5.75 Å². The highest BCUT2D eigenvalue weighted by Crippen LogP contribution is 2.11. The van der Waals surface area contributed by atoms with E-state index in [1.807, 2.05) is 30.3 Å². The Morgan fingerprint density at radius 2 is 1.71 bits per heavy atom. The van der Waals surface area contributed by atoms with Gasteiger partial charge in [0, 0.05) is 26.6 Å². The lowest BCUT2D eigenvalue weighted by molar-refractivity contribution is -0.121. The van der Waals surface area contributed by atoms with E-state index >= 15 is 0 Å². The molecule has 0 fully saturated rings. The molecule has 0 unspecified atom stereocenters. The van der Waals surface area contributed by atoms with E-state index in [0.29, 0.717) is 32.6 Å². The van der Waals surface area contributed by atoms with Crippen LogP contribution in [0.25, 0.3) is 0 Å². The number of benzene rings is 2. The standard InChI is InChI=1S/C20H26N2O5S/c1-26-15-13-22-28(24,25)19-11-9-17(10-12-19)16-21-20(23)8-5-14-27-18-6-3-2-4-7-18/h2-4,6-7,9-12,22H,5,8,13-16H2,1H3,(H,21,23). The first-order valence-corrected chi connectivity index (χ1v) is 10.5. The van der Waals surface area contributed by atoms with Crippen molar-refractivity contribution in [1.82, 2.24) is 10.0 Å². The number of carbonyl (C=O) groups excluding carboxylic acids is 1. The SMILES string of the molecule is COCCNS(=O)(=O)c1ccc(CNC(=O)CCCOc2ccccc2)cc1. The molecule has 0 spiro atoms. The third-order valence-corrected chi connectivity index (χ3v) is 5.36. The molecule has 0 heterocycles. The van der Waals surface area contributed by atoms with Crippen molar-refractivity contribution >= 4 is 15.9 Å².